The van der Waals surface area contributed by atoms with Gasteiger partial charge in [-0.1, -0.05) is 60.7 Å². The Kier molecular flexibility index (Phi) is 4.54. The van der Waals surface area contributed by atoms with Crippen LogP contribution in [0, 0.1) is 0 Å². The molecule has 1 aromatic heterocycles. The monoisotopic (exact) mass is 391 g/mol. The van der Waals surface area contributed by atoms with E-state index >= 15 is 0 Å². The van der Waals surface area contributed by atoms with E-state index < -0.39 is 0 Å². The Balaban J connectivity index is 1.41. The van der Waals surface area contributed by atoms with Crippen molar-refractivity contribution in [2.75, 3.05) is 0 Å². The average molecular weight is 391 g/mol. The standard InChI is InChI=1S/C25H17N3O2/c29-25-22(28-24(30-25)19-6-2-1-3-7-19)16-18-12-10-17(11-13-18)14-15-23-26-20-8-4-5-9-21(20)27-23/h1-16,29H. The number of aromatic hydroxyl groups is 1. The molecular formula is C25H17N3O2. The number of allylic oxidation sites excluding steroid dienone is 1. The number of hydrogen-bond donors (Lipinski definition) is 1. The van der Waals surface area contributed by atoms with E-state index in [1.165, 1.54) is 0 Å². The van der Waals surface area contributed by atoms with Crippen LogP contribution in [0.5, 0.6) is 5.95 Å². The fourth-order valence-corrected chi connectivity index (χ4v) is 3.15. The third kappa shape index (κ3) is 3.69. The molecule has 5 rings (SSSR count). The number of benzene rings is 3. The molecule has 4 aromatic rings. The zero-order chi connectivity index (χ0) is 20.3. The smallest absolute Gasteiger partial charge is 0.310 e. The van der Waals surface area contributed by atoms with E-state index in [0.29, 0.717) is 17.4 Å². The van der Waals surface area contributed by atoms with Crippen LogP contribution in [0.3, 0.4) is 0 Å². The van der Waals surface area contributed by atoms with Gasteiger partial charge in [0.05, 0.1) is 10.7 Å². The average Bonchev–Trinajstić information content (AvgIpc) is 3.37. The van der Waals surface area contributed by atoms with E-state index in [1.807, 2.05) is 91.0 Å². The number of fused-ring (bicyclic) bond motifs is 1. The molecule has 1 N–H and O–H groups in total. The maximum atomic E-state index is 10.1. The summed E-state index contributed by atoms with van der Waals surface area (Å²) >= 11 is 0. The van der Waals surface area contributed by atoms with Crippen LogP contribution in [0.2, 0.25) is 0 Å². The van der Waals surface area contributed by atoms with Crippen LogP contribution in [0.15, 0.2) is 105 Å². The summed E-state index contributed by atoms with van der Waals surface area (Å²) < 4.78 is 5.40. The molecule has 0 fully saturated rings. The Labute approximate surface area is 172 Å². The first-order valence-corrected chi connectivity index (χ1v) is 9.52. The van der Waals surface area contributed by atoms with E-state index in [1.54, 1.807) is 6.08 Å². The SMILES string of the molecule is Oc1oc(-c2ccccc2)nc1C=c1ccc(=CC=C2N=c3ccccc3=N2)cc1. The zero-order valence-corrected chi connectivity index (χ0v) is 15.9. The number of nitrogens with zero attached hydrogens (tertiary/aromatic N) is 3. The van der Waals surface area contributed by atoms with Crippen molar-refractivity contribution in [3.8, 4) is 17.4 Å². The minimum absolute atomic E-state index is 0.196. The van der Waals surface area contributed by atoms with Crippen molar-refractivity contribution in [2.24, 2.45) is 9.98 Å². The lowest BCUT2D eigenvalue weighted by molar-refractivity contribution is 0.336. The van der Waals surface area contributed by atoms with Gasteiger partial charge in [0.2, 0.25) is 5.89 Å². The van der Waals surface area contributed by atoms with Crippen LogP contribution in [0.4, 0.5) is 0 Å². The van der Waals surface area contributed by atoms with Gasteiger partial charge in [-0.3, -0.25) is 0 Å². The molecular weight excluding hydrogens is 374 g/mol. The molecule has 0 amide bonds. The van der Waals surface area contributed by atoms with E-state index in [0.717, 1.165) is 26.7 Å². The Bertz CT molecular complexity index is 1440. The van der Waals surface area contributed by atoms with Crippen LogP contribution < -0.4 is 21.2 Å². The van der Waals surface area contributed by atoms with Crippen molar-refractivity contribution in [3.05, 3.63) is 118 Å². The Morgan fingerprint density at radius 1 is 0.700 bits per heavy atom. The summed E-state index contributed by atoms with van der Waals surface area (Å²) in [7, 11) is 0. The number of hydrogen-bond acceptors (Lipinski definition) is 5. The van der Waals surface area contributed by atoms with Gasteiger partial charge < -0.3 is 9.52 Å². The highest BCUT2D eigenvalue weighted by Crippen LogP contribution is 2.26. The van der Waals surface area contributed by atoms with Crippen molar-refractivity contribution in [2.45, 2.75) is 0 Å². The number of aromatic nitrogens is 1. The summed E-state index contributed by atoms with van der Waals surface area (Å²) in [5.74, 6) is 0.882. The molecule has 5 heteroatoms. The molecule has 1 aliphatic rings. The molecule has 0 aliphatic carbocycles. The molecule has 2 heterocycles. The fourth-order valence-electron chi connectivity index (χ4n) is 3.15. The van der Waals surface area contributed by atoms with Crippen molar-refractivity contribution in [1.29, 1.82) is 0 Å². The van der Waals surface area contributed by atoms with E-state index in [2.05, 4.69) is 15.0 Å². The second-order valence-corrected chi connectivity index (χ2v) is 6.79. The first kappa shape index (κ1) is 17.8. The topological polar surface area (TPSA) is 71.0 Å². The highest BCUT2D eigenvalue weighted by molar-refractivity contribution is 5.58. The molecule has 30 heavy (non-hydrogen) atoms. The molecule has 0 saturated carbocycles. The third-order valence-corrected chi connectivity index (χ3v) is 4.67. The summed E-state index contributed by atoms with van der Waals surface area (Å²) in [6, 6.07) is 25.2. The summed E-state index contributed by atoms with van der Waals surface area (Å²) in [6.45, 7) is 0. The van der Waals surface area contributed by atoms with E-state index in [4.69, 9.17) is 4.42 Å². The van der Waals surface area contributed by atoms with Gasteiger partial charge >= 0.3 is 5.95 Å². The van der Waals surface area contributed by atoms with E-state index in [-0.39, 0.29) is 5.95 Å². The van der Waals surface area contributed by atoms with Crippen LogP contribution in [0.25, 0.3) is 23.6 Å². The van der Waals surface area contributed by atoms with Gasteiger partial charge in [-0.2, -0.15) is 0 Å². The quantitative estimate of drug-likeness (QED) is 0.583. The van der Waals surface area contributed by atoms with E-state index in [9.17, 15) is 5.11 Å². The van der Waals surface area contributed by atoms with Crippen LogP contribution in [0.1, 0.15) is 5.69 Å². The third-order valence-electron chi connectivity index (χ3n) is 4.67. The second kappa shape index (κ2) is 7.64. The first-order chi connectivity index (χ1) is 14.7. The van der Waals surface area contributed by atoms with Crippen molar-refractivity contribution >= 4 is 12.2 Å². The Morgan fingerprint density at radius 2 is 1.33 bits per heavy atom. The molecule has 1 aliphatic heterocycles. The maximum Gasteiger partial charge on any atom is 0.310 e. The minimum atomic E-state index is -0.196. The van der Waals surface area contributed by atoms with Crippen molar-refractivity contribution in [3.63, 3.8) is 0 Å². The van der Waals surface area contributed by atoms with Crippen molar-refractivity contribution in [1.82, 2.24) is 4.98 Å². The minimum Gasteiger partial charge on any atom is -0.479 e. The maximum absolute atomic E-state index is 10.1. The molecule has 0 atom stereocenters. The van der Waals surface area contributed by atoms with Gasteiger partial charge in [0, 0.05) is 5.56 Å². The highest BCUT2D eigenvalue weighted by Gasteiger charge is 2.11. The first-order valence-electron chi connectivity index (χ1n) is 9.52. The van der Waals surface area contributed by atoms with Gasteiger partial charge in [-0.05, 0) is 46.9 Å². The Morgan fingerprint density at radius 3 is 2.03 bits per heavy atom. The van der Waals surface area contributed by atoms with Gasteiger partial charge in [0.15, 0.2) is 5.82 Å². The second-order valence-electron chi connectivity index (χ2n) is 6.79. The van der Waals surface area contributed by atoms with Crippen LogP contribution >= 0.6 is 0 Å². The lowest BCUT2D eigenvalue weighted by Gasteiger charge is -1.91. The molecule has 0 saturated heterocycles. The van der Waals surface area contributed by atoms with Gasteiger partial charge in [-0.15, -0.1) is 0 Å². The Hall–Kier alpha value is -4.25. The van der Waals surface area contributed by atoms with Crippen LogP contribution in [-0.4, -0.2) is 10.1 Å². The molecule has 144 valence electrons. The normalized spacial score (nSPS) is 11.9. The molecule has 0 bridgehead atoms. The summed E-state index contributed by atoms with van der Waals surface area (Å²) in [6.07, 6.45) is 5.65. The predicted octanol–water partition coefficient (Wildman–Crippen LogP) is 2.45. The number of oxazole rings is 1. The fraction of sp³-hybridized carbons (Fsp3) is 0. The van der Waals surface area contributed by atoms with Gasteiger partial charge in [0.1, 0.15) is 5.69 Å². The summed E-state index contributed by atoms with van der Waals surface area (Å²) in [5.41, 5.74) is 1.21. The number of rotatable bonds is 3. The predicted molar refractivity (Wildman–Crippen MR) is 114 cm³/mol. The largest absolute Gasteiger partial charge is 0.479 e. The molecule has 3 aromatic carbocycles. The molecule has 0 unspecified atom stereocenters. The summed E-state index contributed by atoms with van der Waals surface area (Å²) in [4.78, 5) is 13.4. The lowest BCUT2D eigenvalue weighted by atomic mass is 10.2. The zero-order valence-electron chi connectivity index (χ0n) is 15.9. The molecule has 5 nitrogen and oxygen atoms in total. The van der Waals surface area contributed by atoms with Crippen molar-refractivity contribution < 1.29 is 9.52 Å². The number of para-hydroxylation sites is 2. The molecule has 0 radical (unpaired) electrons. The van der Waals surface area contributed by atoms with Gasteiger partial charge in [-0.25, -0.2) is 15.0 Å². The lowest BCUT2D eigenvalue weighted by Crippen LogP contribution is -2.19. The highest BCUT2D eigenvalue weighted by atomic mass is 16.5. The van der Waals surface area contributed by atoms with Gasteiger partial charge in [0.25, 0.3) is 0 Å². The molecule has 0 spiro atoms. The van der Waals surface area contributed by atoms with Crippen LogP contribution in [-0.2, 0) is 0 Å². The summed E-state index contributed by atoms with van der Waals surface area (Å²) in [5, 5.41) is 13.8.